The Labute approximate surface area is 137 Å². The first-order valence-electron chi connectivity index (χ1n) is 7.74. The number of hydrogen-bond acceptors (Lipinski definition) is 3. The summed E-state index contributed by atoms with van der Waals surface area (Å²) in [7, 11) is 0. The van der Waals surface area contributed by atoms with Gasteiger partial charge in [0.15, 0.2) is 0 Å². The van der Waals surface area contributed by atoms with Crippen molar-refractivity contribution in [3.63, 3.8) is 0 Å². The van der Waals surface area contributed by atoms with Crippen LogP contribution in [-0.2, 0) is 0 Å². The first-order valence-corrected chi connectivity index (χ1v) is 8.12. The van der Waals surface area contributed by atoms with Crippen molar-refractivity contribution >= 4 is 17.6 Å². The summed E-state index contributed by atoms with van der Waals surface area (Å²) in [6.45, 7) is 9.50. The molecule has 0 unspecified atom stereocenters. The molecule has 1 aliphatic rings. The highest BCUT2D eigenvalue weighted by atomic mass is 35.5. The third-order valence-electron chi connectivity index (χ3n) is 3.83. The fourth-order valence-electron chi connectivity index (χ4n) is 2.42. The Morgan fingerprint density at radius 1 is 1.32 bits per heavy atom. The zero-order chi connectivity index (χ0) is 15.9. The molecule has 1 aromatic carbocycles. The van der Waals surface area contributed by atoms with Crippen LogP contribution in [0.25, 0.3) is 0 Å². The SMILES string of the molecule is CCN1CCN(C(=O)NCCOc2cc(C)ccc2Cl)CC1. The third-order valence-corrected chi connectivity index (χ3v) is 4.14. The number of halogens is 1. The van der Waals surface area contributed by atoms with Crippen molar-refractivity contribution in [1.82, 2.24) is 15.1 Å². The second kappa shape index (κ2) is 8.25. The van der Waals surface area contributed by atoms with Gasteiger partial charge in [-0.1, -0.05) is 24.6 Å². The number of benzene rings is 1. The molecule has 6 heteroatoms. The van der Waals surface area contributed by atoms with E-state index in [2.05, 4.69) is 17.1 Å². The monoisotopic (exact) mass is 325 g/mol. The summed E-state index contributed by atoms with van der Waals surface area (Å²) < 4.78 is 5.62. The van der Waals surface area contributed by atoms with Gasteiger partial charge >= 0.3 is 6.03 Å². The summed E-state index contributed by atoms with van der Waals surface area (Å²) in [6.07, 6.45) is 0. The zero-order valence-electron chi connectivity index (χ0n) is 13.3. The molecule has 0 saturated carbocycles. The van der Waals surface area contributed by atoms with Gasteiger partial charge in [0.05, 0.1) is 11.6 Å². The van der Waals surface area contributed by atoms with Crippen molar-refractivity contribution in [3.8, 4) is 5.75 Å². The Balaban J connectivity index is 1.68. The number of urea groups is 1. The lowest BCUT2D eigenvalue weighted by molar-refractivity contribution is 0.142. The summed E-state index contributed by atoms with van der Waals surface area (Å²) in [4.78, 5) is 16.2. The number of nitrogens with zero attached hydrogens (tertiary/aromatic N) is 2. The minimum absolute atomic E-state index is 0.0188. The predicted octanol–water partition coefficient (Wildman–Crippen LogP) is 2.37. The molecule has 22 heavy (non-hydrogen) atoms. The van der Waals surface area contributed by atoms with E-state index in [1.54, 1.807) is 0 Å². The van der Waals surface area contributed by atoms with Crippen molar-refractivity contribution in [1.29, 1.82) is 0 Å². The van der Waals surface area contributed by atoms with E-state index >= 15 is 0 Å². The standard InChI is InChI=1S/C16H24ClN3O2/c1-3-19-7-9-20(10-8-19)16(21)18-6-11-22-15-12-13(2)4-5-14(15)17/h4-5,12H,3,6-11H2,1-2H3,(H,18,21). The Morgan fingerprint density at radius 3 is 2.73 bits per heavy atom. The number of ether oxygens (including phenoxy) is 1. The van der Waals surface area contributed by atoms with Crippen LogP contribution in [-0.4, -0.2) is 61.7 Å². The van der Waals surface area contributed by atoms with Crippen LogP contribution in [0, 0.1) is 6.92 Å². The third kappa shape index (κ3) is 4.78. The molecule has 1 fully saturated rings. The van der Waals surface area contributed by atoms with E-state index in [-0.39, 0.29) is 6.03 Å². The van der Waals surface area contributed by atoms with Crippen LogP contribution in [0.15, 0.2) is 18.2 Å². The number of aryl methyl sites for hydroxylation is 1. The highest BCUT2D eigenvalue weighted by molar-refractivity contribution is 6.32. The molecule has 0 aromatic heterocycles. The van der Waals surface area contributed by atoms with Crippen LogP contribution in [0.4, 0.5) is 4.79 Å². The molecule has 0 radical (unpaired) electrons. The number of amides is 2. The molecule has 1 saturated heterocycles. The van der Waals surface area contributed by atoms with E-state index < -0.39 is 0 Å². The number of carbonyl (C=O) groups excluding carboxylic acids is 1. The van der Waals surface area contributed by atoms with Gasteiger partial charge in [-0.05, 0) is 31.2 Å². The van der Waals surface area contributed by atoms with Crippen molar-refractivity contribution in [2.75, 3.05) is 45.9 Å². The molecule has 0 atom stereocenters. The van der Waals surface area contributed by atoms with Crippen LogP contribution in [0.1, 0.15) is 12.5 Å². The van der Waals surface area contributed by atoms with Gasteiger partial charge in [-0.3, -0.25) is 0 Å². The molecule has 1 aromatic rings. The highest BCUT2D eigenvalue weighted by Gasteiger charge is 2.19. The summed E-state index contributed by atoms with van der Waals surface area (Å²) in [5.41, 5.74) is 1.09. The van der Waals surface area contributed by atoms with Crippen LogP contribution < -0.4 is 10.1 Å². The largest absolute Gasteiger partial charge is 0.490 e. The van der Waals surface area contributed by atoms with Gasteiger partial charge in [0.1, 0.15) is 12.4 Å². The molecular formula is C16H24ClN3O2. The quantitative estimate of drug-likeness (QED) is 0.845. The van der Waals surface area contributed by atoms with Crippen LogP contribution in [0.5, 0.6) is 5.75 Å². The molecule has 1 N–H and O–H groups in total. The van der Waals surface area contributed by atoms with Gasteiger partial charge in [0.2, 0.25) is 0 Å². The van der Waals surface area contributed by atoms with Crippen LogP contribution >= 0.6 is 11.6 Å². The first-order chi connectivity index (χ1) is 10.6. The average Bonchev–Trinajstić information content (AvgIpc) is 2.54. The van der Waals surface area contributed by atoms with E-state index in [0.29, 0.717) is 23.9 Å². The van der Waals surface area contributed by atoms with Gasteiger partial charge in [-0.15, -0.1) is 0 Å². The molecule has 1 aliphatic heterocycles. The second-order valence-corrected chi connectivity index (χ2v) is 5.84. The molecular weight excluding hydrogens is 302 g/mol. The fourth-order valence-corrected chi connectivity index (χ4v) is 2.59. The van der Waals surface area contributed by atoms with Gasteiger partial charge in [-0.25, -0.2) is 4.79 Å². The maximum atomic E-state index is 12.0. The normalized spacial score (nSPS) is 15.7. The molecule has 2 amide bonds. The topological polar surface area (TPSA) is 44.8 Å². The Kier molecular flexibility index (Phi) is 6.34. The Hall–Kier alpha value is -1.46. The fraction of sp³-hybridized carbons (Fsp3) is 0.562. The average molecular weight is 326 g/mol. The van der Waals surface area contributed by atoms with E-state index in [4.69, 9.17) is 16.3 Å². The van der Waals surface area contributed by atoms with Gasteiger partial charge in [-0.2, -0.15) is 0 Å². The van der Waals surface area contributed by atoms with Gasteiger partial charge in [0, 0.05) is 26.2 Å². The number of nitrogens with one attached hydrogen (secondary N) is 1. The molecule has 5 nitrogen and oxygen atoms in total. The lowest BCUT2D eigenvalue weighted by atomic mass is 10.2. The maximum Gasteiger partial charge on any atom is 0.317 e. The number of carbonyl (C=O) groups is 1. The second-order valence-electron chi connectivity index (χ2n) is 5.44. The van der Waals surface area contributed by atoms with Crippen LogP contribution in [0.3, 0.4) is 0 Å². The summed E-state index contributed by atoms with van der Waals surface area (Å²) >= 11 is 6.06. The molecule has 0 spiro atoms. The van der Waals surface area contributed by atoms with Gasteiger partial charge in [0.25, 0.3) is 0 Å². The van der Waals surface area contributed by atoms with E-state index in [1.165, 1.54) is 0 Å². The van der Waals surface area contributed by atoms with E-state index in [1.807, 2.05) is 30.0 Å². The van der Waals surface area contributed by atoms with E-state index in [9.17, 15) is 4.79 Å². The van der Waals surface area contributed by atoms with Gasteiger partial charge < -0.3 is 19.9 Å². The number of likely N-dealkylation sites (N-methyl/N-ethyl adjacent to an activating group) is 1. The molecule has 0 bridgehead atoms. The van der Waals surface area contributed by atoms with Crippen molar-refractivity contribution < 1.29 is 9.53 Å². The lowest BCUT2D eigenvalue weighted by Crippen LogP contribution is -2.52. The Morgan fingerprint density at radius 2 is 2.05 bits per heavy atom. The first kappa shape index (κ1) is 16.9. The minimum atomic E-state index is -0.0188. The molecule has 122 valence electrons. The predicted molar refractivity (Wildman–Crippen MR) is 88.8 cm³/mol. The van der Waals surface area contributed by atoms with Crippen LogP contribution in [0.2, 0.25) is 5.02 Å². The minimum Gasteiger partial charge on any atom is -0.490 e. The molecule has 2 rings (SSSR count). The summed E-state index contributed by atoms with van der Waals surface area (Å²) in [5, 5.41) is 3.48. The number of piperazine rings is 1. The molecule has 1 heterocycles. The Bertz CT molecular complexity index is 502. The maximum absolute atomic E-state index is 12.0. The summed E-state index contributed by atoms with van der Waals surface area (Å²) in [5.74, 6) is 0.660. The highest BCUT2D eigenvalue weighted by Crippen LogP contribution is 2.24. The molecule has 0 aliphatic carbocycles. The smallest absolute Gasteiger partial charge is 0.317 e. The van der Waals surface area contributed by atoms with Crippen molar-refractivity contribution in [2.24, 2.45) is 0 Å². The zero-order valence-corrected chi connectivity index (χ0v) is 14.0. The number of hydrogen-bond donors (Lipinski definition) is 1. The summed E-state index contributed by atoms with van der Waals surface area (Å²) in [6, 6.07) is 5.63. The van der Waals surface area contributed by atoms with Crippen molar-refractivity contribution in [3.05, 3.63) is 28.8 Å². The van der Waals surface area contributed by atoms with E-state index in [0.717, 1.165) is 38.3 Å². The lowest BCUT2D eigenvalue weighted by Gasteiger charge is -2.33. The number of rotatable bonds is 5. The van der Waals surface area contributed by atoms with Crippen molar-refractivity contribution in [2.45, 2.75) is 13.8 Å².